The molecule has 1 N–H and O–H groups in total. The summed E-state index contributed by atoms with van der Waals surface area (Å²) >= 11 is 0. The second kappa shape index (κ2) is 14.6. The van der Waals surface area contributed by atoms with Crippen molar-refractivity contribution in [2.45, 2.75) is 27.7 Å². The molecule has 0 amide bonds. The van der Waals surface area contributed by atoms with E-state index in [0.717, 1.165) is 22.4 Å². The van der Waals surface area contributed by atoms with Crippen LogP contribution in [-0.2, 0) is 0 Å². The fourth-order valence-electron chi connectivity index (χ4n) is 1.77. The minimum absolute atomic E-state index is 0.825. The number of nitrogens with one attached hydrogen (secondary N) is 1. The first-order chi connectivity index (χ1) is 12.3. The predicted molar refractivity (Wildman–Crippen MR) is 111 cm³/mol. The van der Waals surface area contributed by atoms with E-state index in [4.69, 9.17) is 0 Å². The molecule has 0 unspecified atom stereocenters. The highest BCUT2D eigenvalue weighted by Gasteiger charge is 2.03. The average Bonchev–Trinajstić information content (AvgIpc) is 3.15. The Morgan fingerprint density at radius 1 is 0.920 bits per heavy atom. The molecule has 0 aliphatic carbocycles. The third-order valence-electron chi connectivity index (χ3n) is 2.75. The van der Waals surface area contributed by atoms with Crippen LogP contribution in [0.5, 0.6) is 0 Å². The van der Waals surface area contributed by atoms with Crippen LogP contribution in [0.2, 0.25) is 0 Å². The van der Waals surface area contributed by atoms with E-state index in [-0.39, 0.29) is 0 Å². The van der Waals surface area contributed by atoms with Crippen molar-refractivity contribution < 1.29 is 0 Å². The van der Waals surface area contributed by atoms with Crippen molar-refractivity contribution >= 4 is 16.6 Å². The van der Waals surface area contributed by atoms with Crippen LogP contribution in [0, 0.1) is 0 Å². The lowest BCUT2D eigenvalue weighted by Gasteiger charge is -1.93. The zero-order valence-electron chi connectivity index (χ0n) is 15.7. The van der Waals surface area contributed by atoms with Crippen LogP contribution in [-0.4, -0.2) is 15.0 Å². The fraction of sp³-hybridized carbons (Fsp3) is 0.182. The molecule has 0 saturated carbocycles. The molecule has 0 saturated heterocycles. The summed E-state index contributed by atoms with van der Waals surface area (Å²) < 4.78 is 0. The minimum atomic E-state index is 0.825. The van der Waals surface area contributed by atoms with Gasteiger partial charge in [-0.3, -0.25) is 4.98 Å². The number of hydrogen-bond acceptors (Lipinski definition) is 2. The van der Waals surface area contributed by atoms with Gasteiger partial charge >= 0.3 is 0 Å². The molecule has 0 fully saturated rings. The van der Waals surface area contributed by atoms with E-state index < -0.39 is 0 Å². The summed E-state index contributed by atoms with van der Waals surface area (Å²) in [4.78, 5) is 11.5. The minimum Gasteiger partial charge on any atom is -0.338 e. The zero-order chi connectivity index (χ0) is 18.9. The van der Waals surface area contributed by atoms with Crippen LogP contribution in [0.3, 0.4) is 0 Å². The number of benzene rings is 1. The van der Waals surface area contributed by atoms with Crippen LogP contribution < -0.4 is 0 Å². The number of nitrogens with zero attached hydrogens (tertiary/aromatic N) is 2. The van der Waals surface area contributed by atoms with E-state index in [0.29, 0.717) is 0 Å². The molecule has 2 aromatic heterocycles. The van der Waals surface area contributed by atoms with Gasteiger partial charge in [0.15, 0.2) is 0 Å². The van der Waals surface area contributed by atoms with Crippen molar-refractivity contribution in [3.63, 3.8) is 0 Å². The molecule has 1 aromatic carbocycles. The second-order valence-corrected chi connectivity index (χ2v) is 4.19. The van der Waals surface area contributed by atoms with E-state index in [2.05, 4.69) is 28.1 Å². The van der Waals surface area contributed by atoms with Gasteiger partial charge in [0.05, 0.1) is 11.0 Å². The first-order valence-corrected chi connectivity index (χ1v) is 8.60. The molecule has 3 aromatic rings. The number of fused-ring (bicyclic) bond motifs is 1. The van der Waals surface area contributed by atoms with E-state index in [1.165, 1.54) is 0 Å². The van der Waals surface area contributed by atoms with Gasteiger partial charge in [0.1, 0.15) is 5.82 Å². The lowest BCUT2D eigenvalue weighted by molar-refractivity contribution is 1.27. The van der Waals surface area contributed by atoms with Crippen LogP contribution >= 0.6 is 0 Å². The third kappa shape index (κ3) is 7.93. The van der Waals surface area contributed by atoms with E-state index >= 15 is 0 Å². The summed E-state index contributed by atoms with van der Waals surface area (Å²) in [6.45, 7) is 15.4. The molecule has 0 radical (unpaired) electrons. The average molecular weight is 335 g/mol. The highest BCUT2D eigenvalue weighted by molar-refractivity contribution is 5.81. The van der Waals surface area contributed by atoms with E-state index in [1.807, 2.05) is 76.2 Å². The van der Waals surface area contributed by atoms with Crippen molar-refractivity contribution in [1.82, 2.24) is 15.0 Å². The molecule has 0 spiro atoms. The van der Waals surface area contributed by atoms with Crippen molar-refractivity contribution in [2.75, 3.05) is 0 Å². The molecular formula is C22H29N3. The van der Waals surface area contributed by atoms with Crippen molar-refractivity contribution in [1.29, 1.82) is 0 Å². The predicted octanol–water partition coefficient (Wildman–Crippen LogP) is 6.45. The number of H-pyrrole nitrogens is 1. The van der Waals surface area contributed by atoms with E-state index in [9.17, 15) is 0 Å². The van der Waals surface area contributed by atoms with Crippen molar-refractivity contribution in [2.24, 2.45) is 0 Å². The Bertz CT molecular complexity index is 680. The van der Waals surface area contributed by atoms with Gasteiger partial charge in [0.2, 0.25) is 0 Å². The molecule has 132 valence electrons. The number of para-hydroxylation sites is 2. The molecule has 0 aliphatic heterocycles. The van der Waals surface area contributed by atoms with Crippen LogP contribution in [0.25, 0.3) is 16.6 Å². The summed E-state index contributed by atoms with van der Waals surface area (Å²) in [5.74, 6) is 0.825. The van der Waals surface area contributed by atoms with Gasteiger partial charge in [-0.1, -0.05) is 77.3 Å². The quantitative estimate of drug-likeness (QED) is 0.559. The maximum atomic E-state index is 4.46. The van der Waals surface area contributed by atoms with Gasteiger partial charge in [-0.2, -0.15) is 0 Å². The Morgan fingerprint density at radius 2 is 1.56 bits per heavy atom. The number of aromatic amines is 1. The molecule has 25 heavy (non-hydrogen) atoms. The molecule has 3 heteroatoms. The highest BCUT2D eigenvalue weighted by Crippen LogP contribution is 2.17. The summed E-state index contributed by atoms with van der Waals surface area (Å²) in [5.41, 5.74) is 2.94. The Morgan fingerprint density at radius 3 is 2.00 bits per heavy atom. The first kappa shape index (κ1) is 22.1. The normalized spacial score (nSPS) is 9.36. The van der Waals surface area contributed by atoms with Crippen LogP contribution in [0.1, 0.15) is 33.5 Å². The van der Waals surface area contributed by atoms with E-state index in [1.54, 1.807) is 24.5 Å². The van der Waals surface area contributed by atoms with Gasteiger partial charge < -0.3 is 4.98 Å². The number of pyridine rings is 1. The monoisotopic (exact) mass is 335 g/mol. The fourth-order valence-corrected chi connectivity index (χ4v) is 1.77. The summed E-state index contributed by atoms with van der Waals surface area (Å²) in [6, 6.07) is 13.6. The second-order valence-electron chi connectivity index (χ2n) is 4.19. The molecular weight excluding hydrogens is 306 g/mol. The standard InChI is InChI=1S/C13H12N2.C5H5N.2C2H6/c1-3-7-10(4-2)13-14-11-8-5-6-9-12(11)15-13;1-2-4-6-5-3-1;2*1-2/h3-9H,1-2H2,(H,14,15);1-5H;2*1-2H3/b10-7+;;;. The lowest BCUT2D eigenvalue weighted by atomic mass is 10.2. The Labute approximate surface area is 151 Å². The summed E-state index contributed by atoms with van der Waals surface area (Å²) in [7, 11) is 0. The molecule has 2 heterocycles. The molecule has 0 aliphatic rings. The van der Waals surface area contributed by atoms with Crippen LogP contribution in [0.15, 0.2) is 86.2 Å². The Kier molecular flexibility index (Phi) is 12.9. The zero-order valence-corrected chi connectivity index (χ0v) is 15.7. The Hall–Kier alpha value is -2.94. The third-order valence-corrected chi connectivity index (χ3v) is 2.75. The van der Waals surface area contributed by atoms with Gasteiger partial charge in [0, 0.05) is 18.0 Å². The van der Waals surface area contributed by atoms with Crippen molar-refractivity contribution in [3.8, 4) is 0 Å². The topological polar surface area (TPSA) is 41.6 Å². The summed E-state index contributed by atoms with van der Waals surface area (Å²) in [6.07, 6.45) is 8.87. The van der Waals surface area contributed by atoms with Gasteiger partial charge in [-0.15, -0.1) is 0 Å². The first-order valence-electron chi connectivity index (χ1n) is 8.60. The van der Waals surface area contributed by atoms with Gasteiger partial charge in [-0.25, -0.2) is 4.98 Å². The number of aromatic nitrogens is 3. The number of hydrogen-bond donors (Lipinski definition) is 1. The Balaban J connectivity index is 0.000000481. The molecule has 3 nitrogen and oxygen atoms in total. The number of allylic oxidation sites excluding steroid dienone is 4. The van der Waals surface area contributed by atoms with Gasteiger partial charge in [-0.05, 0) is 24.3 Å². The van der Waals surface area contributed by atoms with Crippen molar-refractivity contribution in [3.05, 3.63) is 92.1 Å². The maximum absolute atomic E-state index is 4.46. The SMILES string of the molecule is C=C/C=C(\C=C)c1nc2ccccc2[nH]1.CC.CC.c1ccncc1. The highest BCUT2D eigenvalue weighted by atomic mass is 14.9. The molecule has 3 rings (SSSR count). The van der Waals surface area contributed by atoms with Gasteiger partial charge in [0.25, 0.3) is 0 Å². The lowest BCUT2D eigenvalue weighted by Crippen LogP contribution is -1.82. The summed E-state index contributed by atoms with van der Waals surface area (Å²) in [5, 5.41) is 0. The molecule has 0 bridgehead atoms. The number of rotatable bonds is 3. The largest absolute Gasteiger partial charge is 0.338 e. The maximum Gasteiger partial charge on any atom is 0.138 e. The smallest absolute Gasteiger partial charge is 0.138 e. The van der Waals surface area contributed by atoms with Crippen LogP contribution in [0.4, 0.5) is 0 Å². The number of imidazole rings is 1. The molecule has 0 atom stereocenters.